The zero-order chi connectivity index (χ0) is 21.2. The SMILES string of the molecule is O=C(c1ccc(NC(=O)C23CC4CC(CC(Br)(C4)C2)C3)cc1)N1CCc2ccccc21. The molecule has 2 amide bonds. The van der Waals surface area contributed by atoms with E-state index in [1.165, 1.54) is 24.8 Å². The number of nitrogens with one attached hydrogen (secondary N) is 1. The lowest BCUT2D eigenvalue weighted by atomic mass is 9.49. The molecule has 1 heterocycles. The standard InChI is InChI=1S/C26H27BrN2O2/c27-26-14-17-11-18(15-26)13-25(12-17,16-26)24(31)28-21-7-5-20(6-8-21)23(30)29-10-9-19-3-1-2-4-22(19)29/h1-8,17-18H,9-16H2,(H,28,31). The maximum absolute atomic E-state index is 13.4. The Kier molecular flexibility index (Phi) is 4.37. The van der Waals surface area contributed by atoms with E-state index in [2.05, 4.69) is 27.3 Å². The van der Waals surface area contributed by atoms with Crippen LogP contribution in [-0.4, -0.2) is 22.7 Å². The number of benzene rings is 2. The number of nitrogens with zero attached hydrogens (tertiary/aromatic N) is 1. The molecule has 0 aromatic heterocycles. The van der Waals surface area contributed by atoms with Crippen LogP contribution < -0.4 is 10.2 Å². The highest BCUT2D eigenvalue weighted by Gasteiger charge is 2.59. The van der Waals surface area contributed by atoms with Gasteiger partial charge in [-0.1, -0.05) is 34.1 Å². The van der Waals surface area contributed by atoms with E-state index < -0.39 is 0 Å². The van der Waals surface area contributed by atoms with Crippen molar-refractivity contribution in [1.29, 1.82) is 0 Å². The first-order valence-corrected chi connectivity index (χ1v) is 12.2. The zero-order valence-electron chi connectivity index (χ0n) is 17.6. The van der Waals surface area contributed by atoms with E-state index in [1.807, 2.05) is 47.4 Å². The van der Waals surface area contributed by atoms with Crippen molar-refractivity contribution >= 4 is 39.1 Å². The summed E-state index contributed by atoms with van der Waals surface area (Å²) in [5, 5.41) is 3.18. The third-order valence-corrected chi connectivity index (χ3v) is 8.92. The average Bonchev–Trinajstić information content (AvgIpc) is 3.16. The summed E-state index contributed by atoms with van der Waals surface area (Å²) in [7, 11) is 0. The van der Waals surface area contributed by atoms with Crippen molar-refractivity contribution in [2.75, 3.05) is 16.8 Å². The molecule has 2 atom stereocenters. The van der Waals surface area contributed by atoms with E-state index in [0.29, 0.717) is 17.4 Å². The lowest BCUT2D eigenvalue weighted by Gasteiger charge is -2.59. The normalized spacial score (nSPS) is 32.7. The molecule has 5 aliphatic rings. The van der Waals surface area contributed by atoms with Crippen LogP contribution in [0, 0.1) is 17.3 Å². The van der Waals surface area contributed by atoms with Gasteiger partial charge in [-0.05, 0) is 92.7 Å². The maximum Gasteiger partial charge on any atom is 0.258 e. The van der Waals surface area contributed by atoms with Crippen LogP contribution in [0.3, 0.4) is 0 Å². The summed E-state index contributed by atoms with van der Waals surface area (Å²) >= 11 is 3.99. The van der Waals surface area contributed by atoms with E-state index in [4.69, 9.17) is 0 Å². The number of carbonyl (C=O) groups is 2. The first-order chi connectivity index (χ1) is 14.9. The minimum absolute atomic E-state index is 0.0186. The lowest BCUT2D eigenvalue weighted by molar-refractivity contribution is -0.138. The highest BCUT2D eigenvalue weighted by Crippen LogP contribution is 2.64. The van der Waals surface area contributed by atoms with Crippen molar-refractivity contribution in [2.24, 2.45) is 17.3 Å². The number of hydrogen-bond donors (Lipinski definition) is 1. The van der Waals surface area contributed by atoms with Gasteiger partial charge >= 0.3 is 0 Å². The minimum Gasteiger partial charge on any atom is -0.326 e. The van der Waals surface area contributed by atoms with Gasteiger partial charge in [-0.15, -0.1) is 0 Å². The Morgan fingerprint density at radius 3 is 2.39 bits per heavy atom. The molecule has 2 aromatic rings. The van der Waals surface area contributed by atoms with Crippen LogP contribution in [0.15, 0.2) is 48.5 Å². The Morgan fingerprint density at radius 2 is 1.68 bits per heavy atom. The fourth-order valence-corrected chi connectivity index (χ4v) is 8.53. The number of rotatable bonds is 3. The molecular weight excluding hydrogens is 452 g/mol. The van der Waals surface area contributed by atoms with Crippen LogP contribution >= 0.6 is 15.9 Å². The summed E-state index contributed by atoms with van der Waals surface area (Å²) in [4.78, 5) is 28.3. The maximum atomic E-state index is 13.4. The fraction of sp³-hybridized carbons (Fsp3) is 0.462. The predicted octanol–water partition coefficient (Wildman–Crippen LogP) is 5.56. The second-order valence-corrected chi connectivity index (χ2v) is 11.9. The molecule has 4 fully saturated rings. The van der Waals surface area contributed by atoms with Crippen molar-refractivity contribution < 1.29 is 9.59 Å². The van der Waals surface area contributed by atoms with Crippen LogP contribution in [0.1, 0.15) is 54.4 Å². The molecule has 2 unspecified atom stereocenters. The number of anilines is 2. The molecule has 7 rings (SSSR count). The number of hydrogen-bond acceptors (Lipinski definition) is 2. The van der Waals surface area contributed by atoms with E-state index >= 15 is 0 Å². The van der Waals surface area contributed by atoms with Gasteiger partial charge in [-0.25, -0.2) is 0 Å². The molecule has 0 spiro atoms. The van der Waals surface area contributed by atoms with E-state index in [1.54, 1.807) is 0 Å². The van der Waals surface area contributed by atoms with Gasteiger partial charge in [-0.2, -0.15) is 0 Å². The number of para-hydroxylation sites is 1. The molecule has 0 saturated heterocycles. The summed E-state index contributed by atoms with van der Waals surface area (Å²) < 4.78 is 0.163. The molecule has 4 saturated carbocycles. The fourth-order valence-electron chi connectivity index (χ4n) is 7.08. The number of amides is 2. The molecule has 4 bridgehead atoms. The van der Waals surface area contributed by atoms with Gasteiger partial charge in [0.15, 0.2) is 0 Å². The molecule has 2 aromatic carbocycles. The van der Waals surface area contributed by atoms with Crippen molar-refractivity contribution in [1.82, 2.24) is 0 Å². The van der Waals surface area contributed by atoms with E-state index in [9.17, 15) is 9.59 Å². The van der Waals surface area contributed by atoms with Crippen LogP contribution in [0.5, 0.6) is 0 Å². The molecule has 31 heavy (non-hydrogen) atoms. The van der Waals surface area contributed by atoms with Gasteiger partial charge in [0.05, 0.1) is 5.41 Å². The second kappa shape index (κ2) is 6.93. The summed E-state index contributed by atoms with van der Waals surface area (Å²) in [6.45, 7) is 0.718. The van der Waals surface area contributed by atoms with Crippen molar-refractivity contribution in [3.8, 4) is 0 Å². The summed E-state index contributed by atoms with van der Waals surface area (Å²) in [6.07, 6.45) is 7.61. The largest absolute Gasteiger partial charge is 0.326 e. The Morgan fingerprint density at radius 1 is 0.968 bits per heavy atom. The Labute approximate surface area is 191 Å². The number of fused-ring (bicyclic) bond motifs is 1. The van der Waals surface area contributed by atoms with Crippen LogP contribution in [0.2, 0.25) is 0 Å². The van der Waals surface area contributed by atoms with Crippen molar-refractivity contribution in [2.45, 2.75) is 49.3 Å². The third-order valence-electron chi connectivity index (χ3n) is 7.99. The van der Waals surface area contributed by atoms with Gasteiger partial charge in [0, 0.05) is 27.8 Å². The highest BCUT2D eigenvalue weighted by molar-refractivity contribution is 9.10. The third kappa shape index (κ3) is 3.24. The Bertz CT molecular complexity index is 1050. The van der Waals surface area contributed by atoms with Crippen molar-refractivity contribution in [3.63, 3.8) is 0 Å². The molecule has 160 valence electrons. The van der Waals surface area contributed by atoms with Crippen LogP contribution in [0.25, 0.3) is 0 Å². The first-order valence-electron chi connectivity index (χ1n) is 11.4. The van der Waals surface area contributed by atoms with Gasteiger partial charge in [0.2, 0.25) is 5.91 Å². The monoisotopic (exact) mass is 478 g/mol. The molecule has 4 nitrogen and oxygen atoms in total. The van der Waals surface area contributed by atoms with Crippen LogP contribution in [0.4, 0.5) is 11.4 Å². The number of halogens is 1. The van der Waals surface area contributed by atoms with Gasteiger partial charge in [-0.3, -0.25) is 9.59 Å². The highest BCUT2D eigenvalue weighted by atomic mass is 79.9. The lowest BCUT2D eigenvalue weighted by Crippen LogP contribution is -2.57. The summed E-state index contributed by atoms with van der Waals surface area (Å²) in [6, 6.07) is 15.5. The van der Waals surface area contributed by atoms with Gasteiger partial charge < -0.3 is 10.2 Å². The predicted molar refractivity (Wildman–Crippen MR) is 126 cm³/mol. The van der Waals surface area contributed by atoms with E-state index in [0.717, 1.165) is 43.6 Å². The molecular formula is C26H27BrN2O2. The molecule has 4 aliphatic carbocycles. The van der Waals surface area contributed by atoms with Crippen LogP contribution in [-0.2, 0) is 11.2 Å². The quantitative estimate of drug-likeness (QED) is 0.586. The molecule has 5 heteroatoms. The Hall–Kier alpha value is -2.14. The van der Waals surface area contributed by atoms with E-state index in [-0.39, 0.29) is 21.6 Å². The first kappa shape index (κ1) is 19.5. The topological polar surface area (TPSA) is 49.4 Å². The molecule has 1 aliphatic heterocycles. The Balaban J connectivity index is 1.17. The molecule has 1 N–H and O–H groups in total. The number of carbonyl (C=O) groups excluding carboxylic acids is 2. The average molecular weight is 479 g/mol. The molecule has 0 radical (unpaired) electrons. The van der Waals surface area contributed by atoms with Gasteiger partial charge in [0.1, 0.15) is 0 Å². The van der Waals surface area contributed by atoms with Gasteiger partial charge in [0.25, 0.3) is 5.91 Å². The minimum atomic E-state index is -0.235. The summed E-state index contributed by atoms with van der Waals surface area (Å²) in [5.41, 5.74) is 3.43. The summed E-state index contributed by atoms with van der Waals surface area (Å²) in [5.74, 6) is 1.53. The second-order valence-electron chi connectivity index (χ2n) is 10.3. The smallest absolute Gasteiger partial charge is 0.258 e. The van der Waals surface area contributed by atoms with Crippen molar-refractivity contribution in [3.05, 3.63) is 59.7 Å². The number of alkyl halides is 1. The zero-order valence-corrected chi connectivity index (χ0v) is 19.2.